The summed E-state index contributed by atoms with van der Waals surface area (Å²) in [7, 11) is 0. The number of aromatic nitrogens is 2. The van der Waals surface area contributed by atoms with Gasteiger partial charge in [0, 0.05) is 17.6 Å². The number of rotatable bonds is 6. The molecule has 4 aromatic carbocycles. The number of fused-ring (bicyclic) bond motifs is 1. The lowest BCUT2D eigenvalue weighted by atomic mass is 10.1. The maximum atomic E-state index is 10.5. The first kappa shape index (κ1) is 20.9. The first-order valence-corrected chi connectivity index (χ1v) is 10.9. The molecule has 1 heterocycles. The minimum absolute atomic E-state index is 0.0426. The monoisotopic (exact) mass is 456 g/mol. The van der Waals surface area contributed by atoms with E-state index in [0.717, 1.165) is 22.2 Å². The molecule has 0 spiro atoms. The number of halogens is 1. The number of benzene rings is 4. The SMILES string of the molecule is Oc1ccc(O)c(-c2nc3cc(OCc4ccccc4)ccc3n2Cc2ccc(Cl)cc2)c1. The topological polar surface area (TPSA) is 67.5 Å². The summed E-state index contributed by atoms with van der Waals surface area (Å²) >= 11 is 6.05. The Bertz CT molecular complexity index is 1410. The Hall–Kier alpha value is -3.96. The Morgan fingerprint density at radius 3 is 2.39 bits per heavy atom. The molecule has 0 aliphatic carbocycles. The lowest BCUT2D eigenvalue weighted by molar-refractivity contribution is 0.306. The van der Waals surface area contributed by atoms with Crippen LogP contribution in [0.2, 0.25) is 5.02 Å². The van der Waals surface area contributed by atoms with Crippen LogP contribution in [0.4, 0.5) is 0 Å². The van der Waals surface area contributed by atoms with Gasteiger partial charge < -0.3 is 19.5 Å². The highest BCUT2D eigenvalue weighted by Crippen LogP contribution is 2.35. The van der Waals surface area contributed by atoms with Crippen LogP contribution in [0.1, 0.15) is 11.1 Å². The van der Waals surface area contributed by atoms with Gasteiger partial charge in [-0.15, -0.1) is 0 Å². The minimum Gasteiger partial charge on any atom is -0.508 e. The van der Waals surface area contributed by atoms with Crippen LogP contribution in [-0.4, -0.2) is 19.8 Å². The number of phenols is 2. The lowest BCUT2D eigenvalue weighted by Gasteiger charge is -2.11. The van der Waals surface area contributed by atoms with Gasteiger partial charge in [-0.1, -0.05) is 54.1 Å². The highest BCUT2D eigenvalue weighted by molar-refractivity contribution is 6.30. The summed E-state index contributed by atoms with van der Waals surface area (Å²) in [6.07, 6.45) is 0. The molecule has 0 fully saturated rings. The molecule has 1 aromatic heterocycles. The van der Waals surface area contributed by atoms with Crippen molar-refractivity contribution < 1.29 is 14.9 Å². The van der Waals surface area contributed by atoms with Crippen LogP contribution in [0.5, 0.6) is 17.2 Å². The van der Waals surface area contributed by atoms with Gasteiger partial charge in [-0.3, -0.25) is 0 Å². The summed E-state index contributed by atoms with van der Waals surface area (Å²) in [4.78, 5) is 4.80. The van der Waals surface area contributed by atoms with Crippen LogP contribution < -0.4 is 4.74 Å². The van der Waals surface area contributed by atoms with Crippen LogP contribution in [0.3, 0.4) is 0 Å². The van der Waals surface area contributed by atoms with E-state index in [4.69, 9.17) is 21.3 Å². The van der Waals surface area contributed by atoms with Crippen LogP contribution in [0, 0.1) is 0 Å². The van der Waals surface area contributed by atoms with Crippen LogP contribution >= 0.6 is 11.6 Å². The van der Waals surface area contributed by atoms with Gasteiger partial charge in [-0.2, -0.15) is 0 Å². The molecule has 0 amide bonds. The van der Waals surface area contributed by atoms with E-state index in [1.54, 1.807) is 0 Å². The van der Waals surface area contributed by atoms with E-state index in [1.807, 2.05) is 77.4 Å². The number of nitrogens with zero attached hydrogens (tertiary/aromatic N) is 2. The zero-order valence-electron chi connectivity index (χ0n) is 17.6. The molecule has 33 heavy (non-hydrogen) atoms. The average molecular weight is 457 g/mol. The maximum Gasteiger partial charge on any atom is 0.145 e. The molecule has 5 aromatic rings. The number of aromatic hydroxyl groups is 2. The lowest BCUT2D eigenvalue weighted by Crippen LogP contribution is -2.02. The van der Waals surface area contributed by atoms with Crippen LogP contribution in [-0.2, 0) is 13.2 Å². The minimum atomic E-state index is 0.0426. The normalized spacial score (nSPS) is 11.1. The standard InChI is InChI=1S/C27H21ClN2O3/c28-20-8-6-18(7-9-20)16-30-25-12-11-22(33-17-19-4-2-1-3-5-19)15-24(25)29-27(30)23-14-21(31)10-13-26(23)32/h1-15,31-32H,16-17H2. The van der Waals surface area contributed by atoms with Crippen molar-refractivity contribution in [3.63, 3.8) is 0 Å². The highest BCUT2D eigenvalue weighted by atomic mass is 35.5. The van der Waals surface area contributed by atoms with E-state index in [0.29, 0.717) is 35.3 Å². The van der Waals surface area contributed by atoms with E-state index in [-0.39, 0.29) is 11.5 Å². The molecule has 6 heteroatoms. The maximum absolute atomic E-state index is 10.5. The quantitative estimate of drug-likeness (QED) is 0.290. The number of ether oxygens (including phenoxy) is 1. The van der Waals surface area contributed by atoms with Crippen molar-refractivity contribution in [2.24, 2.45) is 0 Å². The number of hydrogen-bond donors (Lipinski definition) is 2. The predicted molar refractivity (Wildman–Crippen MR) is 130 cm³/mol. The molecule has 0 aliphatic heterocycles. The fourth-order valence-corrected chi connectivity index (χ4v) is 3.91. The van der Waals surface area contributed by atoms with Crippen molar-refractivity contribution in [3.05, 3.63) is 107 Å². The molecule has 0 aliphatic rings. The smallest absolute Gasteiger partial charge is 0.145 e. The number of imidazole rings is 1. The summed E-state index contributed by atoms with van der Waals surface area (Å²) in [5.74, 6) is 1.35. The van der Waals surface area contributed by atoms with Gasteiger partial charge in [-0.25, -0.2) is 4.98 Å². The molecular formula is C27H21ClN2O3. The summed E-state index contributed by atoms with van der Waals surface area (Å²) in [6, 6.07) is 27.8. The highest BCUT2D eigenvalue weighted by Gasteiger charge is 2.17. The molecular weight excluding hydrogens is 436 g/mol. The molecule has 5 rings (SSSR count). The number of phenolic OH excluding ortho intramolecular Hbond substituents is 2. The third kappa shape index (κ3) is 4.49. The van der Waals surface area contributed by atoms with Crippen LogP contribution in [0.25, 0.3) is 22.4 Å². The van der Waals surface area contributed by atoms with Gasteiger partial charge in [0.25, 0.3) is 0 Å². The summed E-state index contributed by atoms with van der Waals surface area (Å²) < 4.78 is 7.98. The second-order valence-corrected chi connectivity index (χ2v) is 8.21. The molecule has 0 bridgehead atoms. The van der Waals surface area contributed by atoms with E-state index < -0.39 is 0 Å². The Morgan fingerprint density at radius 2 is 1.61 bits per heavy atom. The molecule has 2 N–H and O–H groups in total. The van der Waals surface area contributed by atoms with Gasteiger partial charge >= 0.3 is 0 Å². The van der Waals surface area contributed by atoms with Crippen molar-refractivity contribution in [2.75, 3.05) is 0 Å². The third-order valence-electron chi connectivity index (χ3n) is 5.44. The average Bonchev–Trinajstić information content (AvgIpc) is 3.18. The Labute approximate surface area is 196 Å². The predicted octanol–water partition coefficient (Wildman–Crippen LogP) is 6.40. The molecule has 0 atom stereocenters. The van der Waals surface area contributed by atoms with Crippen molar-refractivity contribution in [2.45, 2.75) is 13.2 Å². The molecule has 0 unspecified atom stereocenters. The summed E-state index contributed by atoms with van der Waals surface area (Å²) in [5.41, 5.74) is 4.18. The Kier molecular flexibility index (Phi) is 5.63. The number of hydrogen-bond acceptors (Lipinski definition) is 4. The zero-order chi connectivity index (χ0) is 22.8. The largest absolute Gasteiger partial charge is 0.508 e. The summed E-state index contributed by atoms with van der Waals surface area (Å²) in [6.45, 7) is 0.973. The second-order valence-electron chi connectivity index (χ2n) is 7.77. The van der Waals surface area contributed by atoms with Crippen molar-refractivity contribution in [3.8, 4) is 28.6 Å². The summed E-state index contributed by atoms with van der Waals surface area (Å²) in [5, 5.41) is 21.2. The zero-order valence-corrected chi connectivity index (χ0v) is 18.4. The van der Waals surface area contributed by atoms with Crippen LogP contribution in [0.15, 0.2) is 91.0 Å². The van der Waals surface area contributed by atoms with E-state index in [9.17, 15) is 10.2 Å². The first-order chi connectivity index (χ1) is 16.1. The molecule has 0 saturated carbocycles. The van der Waals surface area contributed by atoms with Crippen molar-refractivity contribution in [1.29, 1.82) is 0 Å². The van der Waals surface area contributed by atoms with Gasteiger partial charge in [0.2, 0.25) is 0 Å². The molecule has 5 nitrogen and oxygen atoms in total. The third-order valence-corrected chi connectivity index (χ3v) is 5.69. The Morgan fingerprint density at radius 1 is 0.818 bits per heavy atom. The Balaban J connectivity index is 1.57. The van der Waals surface area contributed by atoms with Gasteiger partial charge in [0.05, 0.1) is 16.6 Å². The van der Waals surface area contributed by atoms with Gasteiger partial charge in [-0.05, 0) is 53.6 Å². The first-order valence-electron chi connectivity index (χ1n) is 10.5. The molecule has 0 radical (unpaired) electrons. The second kappa shape index (κ2) is 8.88. The van der Waals surface area contributed by atoms with Crippen molar-refractivity contribution >= 4 is 22.6 Å². The van der Waals surface area contributed by atoms with E-state index in [2.05, 4.69) is 0 Å². The fourth-order valence-electron chi connectivity index (χ4n) is 3.78. The molecule has 0 saturated heterocycles. The van der Waals surface area contributed by atoms with E-state index >= 15 is 0 Å². The van der Waals surface area contributed by atoms with Gasteiger partial charge in [0.1, 0.15) is 29.7 Å². The molecule has 164 valence electrons. The fraction of sp³-hybridized carbons (Fsp3) is 0.0741. The van der Waals surface area contributed by atoms with Crippen molar-refractivity contribution in [1.82, 2.24) is 9.55 Å². The van der Waals surface area contributed by atoms with E-state index in [1.165, 1.54) is 18.2 Å². The van der Waals surface area contributed by atoms with Gasteiger partial charge in [0.15, 0.2) is 0 Å².